The number of hydrogen-bond acceptors (Lipinski definition) is 7. The molecule has 7 heteroatoms. The van der Waals surface area contributed by atoms with E-state index >= 15 is 0 Å². The fourth-order valence-electron chi connectivity index (χ4n) is 2.57. The summed E-state index contributed by atoms with van der Waals surface area (Å²) in [6, 6.07) is 14.1. The van der Waals surface area contributed by atoms with Gasteiger partial charge in [-0.3, -0.25) is 4.79 Å². The molecule has 1 N–H and O–H groups in total. The Morgan fingerprint density at radius 3 is 1.77 bits per heavy atom. The average molecular weight is 414 g/mol. The zero-order valence-electron chi connectivity index (χ0n) is 17.1. The molecule has 0 saturated heterocycles. The van der Waals surface area contributed by atoms with Gasteiger partial charge in [-0.05, 0) is 41.8 Å². The van der Waals surface area contributed by atoms with Crippen LogP contribution in [0, 0.1) is 5.92 Å². The molecule has 0 saturated carbocycles. The van der Waals surface area contributed by atoms with E-state index in [9.17, 15) is 14.7 Å². The molecule has 1 unspecified atom stereocenters. The summed E-state index contributed by atoms with van der Waals surface area (Å²) in [5.74, 6) is -0.745. The van der Waals surface area contributed by atoms with Crippen molar-refractivity contribution in [2.75, 3.05) is 20.8 Å². The lowest BCUT2D eigenvalue weighted by molar-refractivity contribution is -0.151. The third-order valence-corrected chi connectivity index (χ3v) is 4.40. The Morgan fingerprint density at radius 1 is 0.867 bits per heavy atom. The third kappa shape index (κ3) is 6.93. The smallest absolute Gasteiger partial charge is 0.333 e. The number of carbonyl (C=O) groups excluding carboxylic acids is 2. The zero-order chi connectivity index (χ0) is 21.9. The van der Waals surface area contributed by atoms with Gasteiger partial charge in [-0.15, -0.1) is 0 Å². The number of ether oxygens (including phenoxy) is 4. The second kappa shape index (κ2) is 11.6. The lowest BCUT2D eigenvalue weighted by Gasteiger charge is -2.15. The Hall–Kier alpha value is -3.32. The fourth-order valence-corrected chi connectivity index (χ4v) is 2.57. The standard InChI is InChI=1S/C23H26O7/c1-16(22(25)29-14-17-4-8-20(27-2)9-5-17)12-19(13-24)23(26)30-15-18-6-10-21(28-3)11-7-18/h4-11,19,24H,1,12-15H2,2-3H3. The van der Waals surface area contributed by atoms with Crippen molar-refractivity contribution in [1.82, 2.24) is 0 Å². The largest absolute Gasteiger partial charge is 0.497 e. The number of methoxy groups -OCH3 is 2. The van der Waals surface area contributed by atoms with Crippen LogP contribution in [-0.4, -0.2) is 37.9 Å². The first-order valence-corrected chi connectivity index (χ1v) is 9.35. The van der Waals surface area contributed by atoms with Crippen molar-refractivity contribution in [3.63, 3.8) is 0 Å². The molecule has 7 nitrogen and oxygen atoms in total. The number of esters is 2. The molecule has 0 fully saturated rings. The minimum absolute atomic E-state index is 0.0493. The minimum atomic E-state index is -0.899. The molecule has 30 heavy (non-hydrogen) atoms. The lowest BCUT2D eigenvalue weighted by Crippen LogP contribution is -2.23. The van der Waals surface area contributed by atoms with Crippen LogP contribution in [0.25, 0.3) is 0 Å². The normalized spacial score (nSPS) is 11.3. The van der Waals surface area contributed by atoms with Gasteiger partial charge in [0, 0.05) is 5.57 Å². The van der Waals surface area contributed by atoms with Gasteiger partial charge in [0.2, 0.25) is 0 Å². The van der Waals surface area contributed by atoms with E-state index in [-0.39, 0.29) is 25.2 Å². The van der Waals surface area contributed by atoms with Crippen LogP contribution in [0.5, 0.6) is 11.5 Å². The predicted molar refractivity (Wildman–Crippen MR) is 110 cm³/mol. The summed E-state index contributed by atoms with van der Waals surface area (Å²) in [6.07, 6.45) is -0.0562. The number of hydrogen-bond donors (Lipinski definition) is 1. The summed E-state index contributed by atoms with van der Waals surface area (Å²) in [6.45, 7) is 3.32. The van der Waals surface area contributed by atoms with E-state index in [4.69, 9.17) is 18.9 Å². The SMILES string of the molecule is C=C(CC(CO)C(=O)OCc1ccc(OC)cc1)C(=O)OCc1ccc(OC)cc1. The van der Waals surface area contributed by atoms with Crippen molar-refractivity contribution >= 4 is 11.9 Å². The number of aliphatic hydroxyl groups excluding tert-OH is 1. The summed E-state index contributed by atoms with van der Waals surface area (Å²) < 4.78 is 20.6. The molecular weight excluding hydrogens is 388 g/mol. The first-order chi connectivity index (χ1) is 14.5. The van der Waals surface area contributed by atoms with Crippen LogP contribution in [0.2, 0.25) is 0 Å². The molecule has 0 aliphatic carbocycles. The quantitative estimate of drug-likeness (QED) is 0.446. The van der Waals surface area contributed by atoms with Crippen LogP contribution in [0.4, 0.5) is 0 Å². The maximum atomic E-state index is 12.3. The van der Waals surface area contributed by atoms with Gasteiger partial charge in [-0.2, -0.15) is 0 Å². The summed E-state index contributed by atoms with van der Waals surface area (Å²) in [5, 5.41) is 9.53. The Bertz CT molecular complexity index is 841. The molecule has 0 radical (unpaired) electrons. The second-order valence-electron chi connectivity index (χ2n) is 6.57. The van der Waals surface area contributed by atoms with Crippen LogP contribution in [0.15, 0.2) is 60.7 Å². The highest BCUT2D eigenvalue weighted by atomic mass is 16.5. The summed E-state index contributed by atoms with van der Waals surface area (Å²) in [4.78, 5) is 24.4. The molecule has 0 heterocycles. The molecule has 0 aromatic heterocycles. The molecule has 2 aromatic carbocycles. The van der Waals surface area contributed by atoms with E-state index in [0.717, 1.165) is 11.1 Å². The molecule has 0 spiro atoms. The van der Waals surface area contributed by atoms with Gasteiger partial charge in [0.25, 0.3) is 0 Å². The first kappa shape index (κ1) is 23.0. The van der Waals surface area contributed by atoms with Crippen LogP contribution in [-0.2, 0) is 32.3 Å². The Morgan fingerprint density at radius 2 is 1.33 bits per heavy atom. The van der Waals surface area contributed by atoms with Gasteiger partial charge in [0.1, 0.15) is 24.7 Å². The monoisotopic (exact) mass is 414 g/mol. The van der Waals surface area contributed by atoms with Crippen molar-refractivity contribution in [3.05, 3.63) is 71.8 Å². The first-order valence-electron chi connectivity index (χ1n) is 9.35. The van der Waals surface area contributed by atoms with E-state index in [2.05, 4.69) is 6.58 Å². The molecule has 0 aliphatic rings. The minimum Gasteiger partial charge on any atom is -0.497 e. The number of aliphatic hydroxyl groups is 1. The number of carbonyl (C=O) groups is 2. The van der Waals surface area contributed by atoms with Crippen molar-refractivity contribution in [2.24, 2.45) is 5.92 Å². The Balaban J connectivity index is 1.81. The van der Waals surface area contributed by atoms with Crippen LogP contribution >= 0.6 is 0 Å². The van der Waals surface area contributed by atoms with E-state index < -0.39 is 24.5 Å². The van der Waals surface area contributed by atoms with Gasteiger partial charge in [-0.1, -0.05) is 30.8 Å². The molecule has 2 rings (SSSR count). The lowest BCUT2D eigenvalue weighted by atomic mass is 10.0. The maximum Gasteiger partial charge on any atom is 0.333 e. The van der Waals surface area contributed by atoms with Crippen molar-refractivity contribution < 1.29 is 33.6 Å². The van der Waals surface area contributed by atoms with Crippen molar-refractivity contribution in [1.29, 1.82) is 0 Å². The summed E-state index contributed by atoms with van der Waals surface area (Å²) >= 11 is 0. The molecule has 0 bridgehead atoms. The van der Waals surface area contributed by atoms with Gasteiger partial charge >= 0.3 is 11.9 Å². The topological polar surface area (TPSA) is 91.3 Å². The Kier molecular flexibility index (Phi) is 8.90. The molecule has 2 aromatic rings. The third-order valence-electron chi connectivity index (χ3n) is 4.40. The summed E-state index contributed by atoms with van der Waals surface area (Å²) in [7, 11) is 3.13. The number of rotatable bonds is 11. The van der Waals surface area contributed by atoms with E-state index in [1.165, 1.54) is 0 Å². The van der Waals surface area contributed by atoms with Gasteiger partial charge in [0.05, 0.1) is 26.7 Å². The van der Waals surface area contributed by atoms with E-state index in [0.29, 0.717) is 11.5 Å². The second-order valence-corrected chi connectivity index (χ2v) is 6.57. The van der Waals surface area contributed by atoms with Gasteiger partial charge in [0.15, 0.2) is 0 Å². The van der Waals surface area contributed by atoms with E-state index in [1.807, 2.05) is 0 Å². The molecular formula is C23H26O7. The van der Waals surface area contributed by atoms with Gasteiger partial charge in [-0.25, -0.2) is 4.79 Å². The number of benzene rings is 2. The highest BCUT2D eigenvalue weighted by Crippen LogP contribution is 2.17. The highest BCUT2D eigenvalue weighted by molar-refractivity contribution is 5.88. The zero-order valence-corrected chi connectivity index (χ0v) is 17.1. The maximum absolute atomic E-state index is 12.3. The Labute approximate surface area is 175 Å². The molecule has 0 amide bonds. The average Bonchev–Trinajstić information content (AvgIpc) is 2.79. The van der Waals surface area contributed by atoms with Crippen molar-refractivity contribution in [2.45, 2.75) is 19.6 Å². The molecule has 1 atom stereocenters. The van der Waals surface area contributed by atoms with Crippen molar-refractivity contribution in [3.8, 4) is 11.5 Å². The van der Waals surface area contributed by atoms with Gasteiger partial charge < -0.3 is 24.1 Å². The summed E-state index contributed by atoms with van der Waals surface area (Å²) in [5.41, 5.74) is 1.65. The molecule has 160 valence electrons. The molecule has 0 aliphatic heterocycles. The highest BCUT2D eigenvalue weighted by Gasteiger charge is 2.23. The fraction of sp³-hybridized carbons (Fsp3) is 0.304. The van der Waals surface area contributed by atoms with Crippen LogP contribution in [0.3, 0.4) is 0 Å². The van der Waals surface area contributed by atoms with Crippen LogP contribution in [0.1, 0.15) is 17.5 Å². The predicted octanol–water partition coefficient (Wildman–Crippen LogP) is 3.05. The van der Waals surface area contributed by atoms with E-state index in [1.54, 1.807) is 62.8 Å². The van der Waals surface area contributed by atoms with Crippen LogP contribution < -0.4 is 9.47 Å².